The SMILES string of the molecule is Cc1nn(C)c(CC(=O)c2c(Cl)cccc2Cl)c1Cl. The Labute approximate surface area is 126 Å². The van der Waals surface area contributed by atoms with Crippen molar-refractivity contribution in [3.63, 3.8) is 0 Å². The highest BCUT2D eigenvalue weighted by Crippen LogP contribution is 2.27. The Morgan fingerprint density at radius 1 is 1.26 bits per heavy atom. The van der Waals surface area contributed by atoms with Gasteiger partial charge in [0, 0.05) is 7.05 Å². The zero-order valence-corrected chi connectivity index (χ0v) is 12.6. The summed E-state index contributed by atoms with van der Waals surface area (Å²) in [5.41, 5.74) is 1.66. The van der Waals surface area contributed by atoms with Gasteiger partial charge < -0.3 is 0 Å². The van der Waals surface area contributed by atoms with Gasteiger partial charge >= 0.3 is 0 Å². The Morgan fingerprint density at radius 2 is 1.84 bits per heavy atom. The van der Waals surface area contributed by atoms with Gasteiger partial charge in [-0.3, -0.25) is 9.48 Å². The third-order valence-electron chi connectivity index (χ3n) is 2.83. The Kier molecular flexibility index (Phi) is 4.19. The fourth-order valence-corrected chi connectivity index (χ4v) is 2.71. The Bertz CT molecular complexity index is 629. The summed E-state index contributed by atoms with van der Waals surface area (Å²) in [4.78, 5) is 12.3. The molecular formula is C13H11Cl3N2O. The minimum Gasteiger partial charge on any atom is -0.294 e. The maximum Gasteiger partial charge on any atom is 0.171 e. The van der Waals surface area contributed by atoms with Crippen molar-refractivity contribution in [2.75, 3.05) is 0 Å². The van der Waals surface area contributed by atoms with Crippen LogP contribution in [0.15, 0.2) is 18.2 Å². The molecule has 2 aromatic rings. The van der Waals surface area contributed by atoms with Crippen LogP contribution in [0.3, 0.4) is 0 Å². The lowest BCUT2D eigenvalue weighted by atomic mass is 10.1. The van der Waals surface area contributed by atoms with E-state index < -0.39 is 0 Å². The van der Waals surface area contributed by atoms with Crippen molar-refractivity contribution in [3.8, 4) is 0 Å². The van der Waals surface area contributed by atoms with Crippen LogP contribution in [0.25, 0.3) is 0 Å². The van der Waals surface area contributed by atoms with Crippen molar-refractivity contribution < 1.29 is 4.79 Å². The second-order valence-electron chi connectivity index (χ2n) is 4.17. The van der Waals surface area contributed by atoms with Gasteiger partial charge in [-0.1, -0.05) is 40.9 Å². The minimum atomic E-state index is -0.180. The number of benzene rings is 1. The predicted molar refractivity (Wildman–Crippen MR) is 77.5 cm³/mol. The topological polar surface area (TPSA) is 34.9 Å². The summed E-state index contributed by atoms with van der Waals surface area (Å²) in [7, 11) is 1.75. The standard InChI is InChI=1S/C13H11Cl3N2O/c1-7-13(16)10(18(2)17-7)6-11(19)12-8(14)4-3-5-9(12)15/h3-5H,6H2,1-2H3. The van der Waals surface area contributed by atoms with Gasteiger partial charge in [0.25, 0.3) is 0 Å². The van der Waals surface area contributed by atoms with Crippen LogP contribution in [0.5, 0.6) is 0 Å². The molecule has 0 N–H and O–H groups in total. The molecule has 0 fully saturated rings. The quantitative estimate of drug-likeness (QED) is 0.798. The maximum atomic E-state index is 12.3. The normalized spacial score (nSPS) is 10.8. The van der Waals surface area contributed by atoms with Crippen molar-refractivity contribution in [2.45, 2.75) is 13.3 Å². The molecule has 0 spiro atoms. The first kappa shape index (κ1) is 14.4. The summed E-state index contributed by atoms with van der Waals surface area (Å²) in [5, 5.41) is 5.35. The number of hydrogen-bond donors (Lipinski definition) is 0. The molecule has 1 heterocycles. The van der Waals surface area contributed by atoms with Crippen LogP contribution in [0.4, 0.5) is 0 Å². The predicted octanol–water partition coefficient (Wildman–Crippen LogP) is 4.11. The number of carbonyl (C=O) groups excluding carboxylic acids is 1. The number of rotatable bonds is 3. The molecule has 1 aromatic heterocycles. The van der Waals surface area contributed by atoms with Gasteiger partial charge in [0.2, 0.25) is 0 Å². The minimum absolute atomic E-state index is 0.111. The second-order valence-corrected chi connectivity index (χ2v) is 5.36. The van der Waals surface area contributed by atoms with Gasteiger partial charge in [-0.25, -0.2) is 0 Å². The van der Waals surface area contributed by atoms with E-state index in [1.807, 2.05) is 0 Å². The zero-order chi connectivity index (χ0) is 14.2. The van der Waals surface area contributed by atoms with Gasteiger partial charge in [0.1, 0.15) is 0 Å². The molecule has 0 bridgehead atoms. The molecule has 1 aromatic carbocycles. The van der Waals surface area contributed by atoms with E-state index in [-0.39, 0.29) is 12.2 Å². The average molecular weight is 318 g/mol. The van der Waals surface area contributed by atoms with Crippen LogP contribution in [0.2, 0.25) is 15.1 Å². The highest BCUT2D eigenvalue weighted by Gasteiger charge is 2.19. The lowest BCUT2D eigenvalue weighted by Crippen LogP contribution is -2.09. The fourth-order valence-electron chi connectivity index (χ4n) is 1.88. The number of nitrogens with zero attached hydrogens (tertiary/aromatic N) is 2. The molecule has 0 saturated heterocycles. The smallest absolute Gasteiger partial charge is 0.171 e. The first-order chi connectivity index (χ1) is 8.91. The van der Waals surface area contributed by atoms with Crippen LogP contribution >= 0.6 is 34.8 Å². The number of halogens is 3. The lowest BCUT2D eigenvalue weighted by molar-refractivity contribution is 0.0991. The van der Waals surface area contributed by atoms with Crippen LogP contribution in [-0.4, -0.2) is 15.6 Å². The van der Waals surface area contributed by atoms with E-state index in [0.717, 1.165) is 0 Å². The van der Waals surface area contributed by atoms with E-state index >= 15 is 0 Å². The zero-order valence-electron chi connectivity index (χ0n) is 10.4. The van der Waals surface area contributed by atoms with Crippen LogP contribution in [0, 0.1) is 6.92 Å². The molecular weight excluding hydrogens is 307 g/mol. The van der Waals surface area contributed by atoms with Crippen molar-refractivity contribution in [2.24, 2.45) is 7.05 Å². The van der Waals surface area contributed by atoms with Crippen LogP contribution in [0.1, 0.15) is 21.7 Å². The third kappa shape index (κ3) is 2.78. The number of aryl methyl sites for hydroxylation is 2. The van der Waals surface area contributed by atoms with Gasteiger partial charge in [0.15, 0.2) is 5.78 Å². The molecule has 0 atom stereocenters. The van der Waals surface area contributed by atoms with Crippen LogP contribution in [-0.2, 0) is 13.5 Å². The number of Topliss-reactive ketones (excluding diaryl/α,β-unsaturated/α-hetero) is 1. The van der Waals surface area contributed by atoms with Gasteiger partial charge in [-0.05, 0) is 19.1 Å². The molecule has 0 unspecified atom stereocenters. The molecule has 0 aliphatic carbocycles. The van der Waals surface area contributed by atoms with E-state index in [1.54, 1.807) is 36.9 Å². The highest BCUT2D eigenvalue weighted by molar-refractivity contribution is 6.40. The van der Waals surface area contributed by atoms with E-state index in [9.17, 15) is 4.79 Å². The lowest BCUT2D eigenvalue weighted by Gasteiger charge is -2.06. The molecule has 0 saturated carbocycles. The number of carbonyl (C=O) groups is 1. The summed E-state index contributed by atoms with van der Waals surface area (Å²) in [6.07, 6.45) is 0.111. The van der Waals surface area contributed by atoms with E-state index in [4.69, 9.17) is 34.8 Å². The molecule has 0 radical (unpaired) electrons. The molecule has 0 aliphatic rings. The molecule has 0 aliphatic heterocycles. The fraction of sp³-hybridized carbons (Fsp3) is 0.231. The van der Waals surface area contributed by atoms with Crippen molar-refractivity contribution in [3.05, 3.63) is 50.2 Å². The molecule has 100 valence electrons. The van der Waals surface area contributed by atoms with Gasteiger partial charge in [-0.15, -0.1) is 0 Å². The average Bonchev–Trinajstić information content (AvgIpc) is 2.56. The maximum absolute atomic E-state index is 12.3. The number of aromatic nitrogens is 2. The summed E-state index contributed by atoms with van der Waals surface area (Å²) in [6, 6.07) is 4.97. The molecule has 0 amide bonds. The van der Waals surface area contributed by atoms with Crippen LogP contribution < -0.4 is 0 Å². The molecule has 19 heavy (non-hydrogen) atoms. The number of ketones is 1. The summed E-state index contributed by atoms with van der Waals surface area (Å²) in [6.45, 7) is 1.79. The Balaban J connectivity index is 2.36. The molecule has 6 heteroatoms. The summed E-state index contributed by atoms with van der Waals surface area (Å²) >= 11 is 18.2. The van der Waals surface area contributed by atoms with Crippen molar-refractivity contribution in [1.29, 1.82) is 0 Å². The first-order valence-electron chi connectivity index (χ1n) is 5.57. The van der Waals surface area contributed by atoms with E-state index in [0.29, 0.717) is 32.0 Å². The molecule has 2 rings (SSSR count). The van der Waals surface area contributed by atoms with Crippen molar-refractivity contribution in [1.82, 2.24) is 9.78 Å². The van der Waals surface area contributed by atoms with E-state index in [2.05, 4.69) is 5.10 Å². The summed E-state index contributed by atoms with van der Waals surface area (Å²) < 4.78 is 1.60. The Morgan fingerprint density at radius 3 is 2.32 bits per heavy atom. The van der Waals surface area contributed by atoms with Gasteiger partial charge in [-0.2, -0.15) is 5.10 Å². The Hall–Kier alpha value is -1.03. The second kappa shape index (κ2) is 5.53. The van der Waals surface area contributed by atoms with Gasteiger partial charge in [0.05, 0.1) is 38.4 Å². The molecule has 3 nitrogen and oxygen atoms in total. The first-order valence-corrected chi connectivity index (χ1v) is 6.70. The van der Waals surface area contributed by atoms with Crippen molar-refractivity contribution >= 4 is 40.6 Å². The monoisotopic (exact) mass is 316 g/mol. The van der Waals surface area contributed by atoms with E-state index in [1.165, 1.54) is 0 Å². The largest absolute Gasteiger partial charge is 0.294 e. The number of hydrogen-bond acceptors (Lipinski definition) is 2. The summed E-state index contributed by atoms with van der Waals surface area (Å²) in [5.74, 6) is -0.180. The highest BCUT2D eigenvalue weighted by atomic mass is 35.5. The third-order valence-corrected chi connectivity index (χ3v) is 3.95.